The van der Waals surface area contributed by atoms with Crippen LogP contribution in [0.1, 0.15) is 16.8 Å². The van der Waals surface area contributed by atoms with Gasteiger partial charge in [-0.25, -0.2) is 4.68 Å². The molecule has 2 aromatic heterocycles. The van der Waals surface area contributed by atoms with Crippen molar-refractivity contribution in [2.75, 3.05) is 0 Å². The molecular weight excluding hydrogens is 350 g/mol. The Morgan fingerprint density at radius 3 is 2.58 bits per heavy atom. The fraction of sp³-hybridized carbons (Fsp3) is 0.158. The lowest BCUT2D eigenvalue weighted by atomic mass is 10.1. The molecule has 2 heterocycles. The van der Waals surface area contributed by atoms with E-state index in [9.17, 15) is 0 Å². The Bertz CT molecular complexity index is 1100. The van der Waals surface area contributed by atoms with Gasteiger partial charge in [0.15, 0.2) is 5.69 Å². The van der Waals surface area contributed by atoms with Crippen molar-refractivity contribution in [3.05, 3.63) is 64.3 Å². The number of hydrogen-bond donors (Lipinski definition) is 0. The van der Waals surface area contributed by atoms with Gasteiger partial charge in [0.1, 0.15) is 0 Å². The molecule has 0 fully saturated rings. The van der Waals surface area contributed by atoms with Crippen LogP contribution in [0, 0.1) is 20.8 Å². The summed E-state index contributed by atoms with van der Waals surface area (Å²) < 4.78 is 7.14. The Hall–Kier alpha value is -2.99. The summed E-state index contributed by atoms with van der Waals surface area (Å²) in [6.45, 7) is 5.87. The first-order chi connectivity index (χ1) is 12.5. The number of rotatable bonds is 3. The highest BCUT2D eigenvalue weighted by atomic mass is 35.5. The van der Waals surface area contributed by atoms with Crippen LogP contribution in [0.3, 0.4) is 0 Å². The van der Waals surface area contributed by atoms with Crippen molar-refractivity contribution in [1.82, 2.24) is 25.1 Å². The number of aryl methyl sites for hydroxylation is 2. The highest BCUT2D eigenvalue weighted by Gasteiger charge is 2.19. The minimum Gasteiger partial charge on any atom is -0.332 e. The molecule has 0 aliphatic carbocycles. The molecule has 0 aliphatic heterocycles. The second kappa shape index (κ2) is 6.38. The summed E-state index contributed by atoms with van der Waals surface area (Å²) in [7, 11) is 0. The third-order valence-corrected chi connectivity index (χ3v) is 4.72. The van der Waals surface area contributed by atoms with Gasteiger partial charge in [-0.3, -0.25) is 0 Å². The fourth-order valence-electron chi connectivity index (χ4n) is 2.74. The average Bonchev–Trinajstić information content (AvgIpc) is 3.24. The molecule has 0 saturated carbocycles. The molecule has 0 bridgehead atoms. The van der Waals surface area contributed by atoms with Crippen LogP contribution >= 0.6 is 11.6 Å². The molecule has 7 heteroatoms. The zero-order valence-electron chi connectivity index (χ0n) is 14.6. The molecule has 0 atom stereocenters. The van der Waals surface area contributed by atoms with E-state index in [4.69, 9.17) is 16.1 Å². The van der Waals surface area contributed by atoms with Gasteiger partial charge in [-0.15, -0.1) is 5.10 Å². The summed E-state index contributed by atoms with van der Waals surface area (Å²) in [5.74, 6) is 0.871. The van der Waals surface area contributed by atoms with Gasteiger partial charge in [-0.05, 0) is 44.0 Å². The van der Waals surface area contributed by atoms with E-state index in [0.717, 1.165) is 28.1 Å². The predicted octanol–water partition coefficient (Wildman–Crippen LogP) is 4.56. The van der Waals surface area contributed by atoms with E-state index in [0.29, 0.717) is 22.4 Å². The van der Waals surface area contributed by atoms with Crippen molar-refractivity contribution < 1.29 is 4.52 Å². The molecule has 0 saturated heterocycles. The van der Waals surface area contributed by atoms with Gasteiger partial charge in [0.05, 0.1) is 11.4 Å². The van der Waals surface area contributed by atoms with Gasteiger partial charge in [0.2, 0.25) is 5.82 Å². The number of halogens is 1. The topological polar surface area (TPSA) is 69.6 Å². The average molecular weight is 366 g/mol. The van der Waals surface area contributed by atoms with E-state index >= 15 is 0 Å². The Balaban J connectivity index is 1.73. The van der Waals surface area contributed by atoms with Crippen LogP contribution < -0.4 is 0 Å². The normalized spacial score (nSPS) is 11.1. The lowest BCUT2D eigenvalue weighted by Gasteiger charge is -2.05. The van der Waals surface area contributed by atoms with Crippen molar-refractivity contribution in [2.45, 2.75) is 20.8 Å². The van der Waals surface area contributed by atoms with Crippen molar-refractivity contribution >= 4 is 11.6 Å². The molecule has 2 aromatic carbocycles. The summed E-state index contributed by atoms with van der Waals surface area (Å²) in [5, 5.41) is 13.2. The highest BCUT2D eigenvalue weighted by molar-refractivity contribution is 6.31. The van der Waals surface area contributed by atoms with Crippen LogP contribution in [0.25, 0.3) is 28.7 Å². The van der Waals surface area contributed by atoms with E-state index in [1.165, 1.54) is 0 Å². The van der Waals surface area contributed by atoms with Crippen LogP contribution in [0.15, 0.2) is 47.0 Å². The molecule has 4 rings (SSSR count). The Kier molecular flexibility index (Phi) is 4.05. The largest absolute Gasteiger partial charge is 0.332 e. The lowest BCUT2D eigenvalue weighted by molar-refractivity contribution is 0.430. The quantitative estimate of drug-likeness (QED) is 0.532. The van der Waals surface area contributed by atoms with Gasteiger partial charge in [0, 0.05) is 10.6 Å². The number of aromatic nitrogens is 5. The molecule has 0 unspecified atom stereocenters. The standard InChI is InChI=1S/C19H16ClN5O/c1-11-6-4-5-7-15(11)18-21-19(26-23-18)17-13(3)25(24-22-17)14-9-8-12(2)16(20)10-14/h4-10H,1-3H3. The molecule has 26 heavy (non-hydrogen) atoms. The molecule has 0 radical (unpaired) electrons. The summed E-state index contributed by atoms with van der Waals surface area (Å²) >= 11 is 6.22. The maximum absolute atomic E-state index is 6.22. The number of hydrogen-bond acceptors (Lipinski definition) is 5. The smallest absolute Gasteiger partial charge is 0.280 e. The van der Waals surface area contributed by atoms with Gasteiger partial charge in [-0.1, -0.05) is 52.3 Å². The summed E-state index contributed by atoms with van der Waals surface area (Å²) in [6, 6.07) is 13.6. The summed E-state index contributed by atoms with van der Waals surface area (Å²) in [5.41, 5.74) is 5.19. The van der Waals surface area contributed by atoms with Crippen molar-refractivity contribution in [1.29, 1.82) is 0 Å². The van der Waals surface area contributed by atoms with E-state index in [-0.39, 0.29) is 0 Å². The van der Waals surface area contributed by atoms with Gasteiger partial charge in [0.25, 0.3) is 5.89 Å². The third-order valence-electron chi connectivity index (χ3n) is 4.31. The summed E-state index contributed by atoms with van der Waals surface area (Å²) in [4.78, 5) is 4.49. The molecular formula is C19H16ClN5O. The minimum absolute atomic E-state index is 0.338. The van der Waals surface area contributed by atoms with E-state index in [1.54, 1.807) is 4.68 Å². The van der Waals surface area contributed by atoms with Gasteiger partial charge < -0.3 is 4.52 Å². The van der Waals surface area contributed by atoms with E-state index in [1.807, 2.05) is 63.2 Å². The van der Waals surface area contributed by atoms with Crippen LogP contribution in [0.2, 0.25) is 5.02 Å². The lowest BCUT2D eigenvalue weighted by Crippen LogP contribution is -1.99. The first kappa shape index (κ1) is 16.5. The second-order valence-electron chi connectivity index (χ2n) is 6.11. The molecule has 6 nitrogen and oxygen atoms in total. The van der Waals surface area contributed by atoms with Gasteiger partial charge in [-0.2, -0.15) is 4.98 Å². The monoisotopic (exact) mass is 365 g/mol. The first-order valence-corrected chi connectivity index (χ1v) is 8.51. The van der Waals surface area contributed by atoms with Crippen molar-refractivity contribution in [3.63, 3.8) is 0 Å². The maximum Gasteiger partial charge on any atom is 0.280 e. The Morgan fingerprint density at radius 2 is 1.81 bits per heavy atom. The van der Waals surface area contributed by atoms with Gasteiger partial charge >= 0.3 is 0 Å². The minimum atomic E-state index is 0.338. The molecule has 4 aromatic rings. The molecule has 130 valence electrons. The van der Waals surface area contributed by atoms with E-state index < -0.39 is 0 Å². The SMILES string of the molecule is Cc1ccc(-n2nnc(-c3nc(-c4ccccc4C)no3)c2C)cc1Cl. The first-order valence-electron chi connectivity index (χ1n) is 8.13. The number of nitrogens with zero attached hydrogens (tertiary/aromatic N) is 5. The molecule has 0 aliphatic rings. The highest BCUT2D eigenvalue weighted by Crippen LogP contribution is 2.27. The van der Waals surface area contributed by atoms with E-state index in [2.05, 4.69) is 20.5 Å². The molecule has 0 spiro atoms. The predicted molar refractivity (Wildman–Crippen MR) is 99.3 cm³/mol. The Labute approximate surface area is 155 Å². The molecule has 0 N–H and O–H groups in total. The second-order valence-corrected chi connectivity index (χ2v) is 6.51. The van der Waals surface area contributed by atoms with Crippen LogP contribution in [-0.2, 0) is 0 Å². The summed E-state index contributed by atoms with van der Waals surface area (Å²) in [6.07, 6.45) is 0. The van der Waals surface area contributed by atoms with Crippen LogP contribution in [0.5, 0.6) is 0 Å². The van der Waals surface area contributed by atoms with Crippen LogP contribution in [-0.4, -0.2) is 25.1 Å². The molecule has 0 amide bonds. The maximum atomic E-state index is 6.22. The van der Waals surface area contributed by atoms with Crippen LogP contribution in [0.4, 0.5) is 0 Å². The van der Waals surface area contributed by atoms with Crippen molar-refractivity contribution in [3.8, 4) is 28.7 Å². The zero-order valence-corrected chi connectivity index (χ0v) is 15.3. The van der Waals surface area contributed by atoms with Crippen molar-refractivity contribution in [2.24, 2.45) is 0 Å². The fourth-order valence-corrected chi connectivity index (χ4v) is 2.91. The zero-order chi connectivity index (χ0) is 18.3. The third kappa shape index (κ3) is 2.78. The Morgan fingerprint density at radius 1 is 1.00 bits per heavy atom. The number of benzene rings is 2.